The second-order valence-corrected chi connectivity index (χ2v) is 4.04. The van der Waals surface area contributed by atoms with Crippen LogP contribution in [0.3, 0.4) is 0 Å². The van der Waals surface area contributed by atoms with Crippen molar-refractivity contribution in [3.63, 3.8) is 0 Å². The maximum atomic E-state index is 10.9. The first-order valence-corrected chi connectivity index (χ1v) is 5.19. The zero-order valence-electron chi connectivity index (χ0n) is 9.50. The van der Waals surface area contributed by atoms with E-state index in [0.29, 0.717) is 5.92 Å². The summed E-state index contributed by atoms with van der Waals surface area (Å²) in [5.41, 5.74) is 1.87. The molecule has 1 aromatic rings. The predicted octanol–water partition coefficient (Wildman–Crippen LogP) is 2.71. The van der Waals surface area contributed by atoms with Crippen LogP contribution >= 0.6 is 0 Å². The third kappa shape index (κ3) is 4.49. The van der Waals surface area contributed by atoms with Crippen molar-refractivity contribution in [3.8, 4) is 0 Å². The number of carbonyl (C=O) groups excluding carboxylic acids is 1. The Labute approximate surface area is 90.9 Å². The Bertz CT molecular complexity index is 334. The second kappa shape index (κ2) is 5.39. The molecule has 3 heteroatoms. The Balaban J connectivity index is 2.61. The van der Waals surface area contributed by atoms with E-state index in [9.17, 15) is 4.79 Å². The fourth-order valence-electron chi connectivity index (χ4n) is 1.23. The van der Waals surface area contributed by atoms with Crippen LogP contribution in [-0.2, 0) is 4.79 Å². The quantitative estimate of drug-likeness (QED) is 0.795. The minimum atomic E-state index is -0.0454. The van der Waals surface area contributed by atoms with Crippen LogP contribution in [0.15, 0.2) is 24.3 Å². The molecule has 1 amide bonds. The van der Waals surface area contributed by atoms with Gasteiger partial charge in [0.2, 0.25) is 5.91 Å². The molecule has 2 N–H and O–H groups in total. The highest BCUT2D eigenvalue weighted by atomic mass is 16.1. The smallest absolute Gasteiger partial charge is 0.221 e. The molecule has 0 bridgehead atoms. The van der Waals surface area contributed by atoms with Crippen molar-refractivity contribution in [1.82, 2.24) is 0 Å². The number of anilines is 2. The van der Waals surface area contributed by atoms with E-state index in [-0.39, 0.29) is 5.91 Å². The minimum Gasteiger partial charge on any atom is -0.385 e. The van der Waals surface area contributed by atoms with Gasteiger partial charge in [0, 0.05) is 24.8 Å². The molecule has 0 aliphatic heterocycles. The van der Waals surface area contributed by atoms with Crippen LogP contribution in [0.2, 0.25) is 0 Å². The monoisotopic (exact) mass is 206 g/mol. The van der Waals surface area contributed by atoms with Gasteiger partial charge >= 0.3 is 0 Å². The van der Waals surface area contributed by atoms with Gasteiger partial charge in [-0.1, -0.05) is 19.9 Å². The van der Waals surface area contributed by atoms with Crippen LogP contribution in [0.5, 0.6) is 0 Å². The lowest BCUT2D eigenvalue weighted by atomic mass is 10.2. The summed E-state index contributed by atoms with van der Waals surface area (Å²) in [5, 5.41) is 6.06. The van der Waals surface area contributed by atoms with Crippen molar-refractivity contribution < 1.29 is 4.79 Å². The van der Waals surface area contributed by atoms with Gasteiger partial charge in [0.25, 0.3) is 0 Å². The predicted molar refractivity (Wildman–Crippen MR) is 64.1 cm³/mol. The fraction of sp³-hybridized carbons (Fsp3) is 0.417. The highest BCUT2D eigenvalue weighted by Gasteiger charge is 1.98. The minimum absolute atomic E-state index is 0.0454. The zero-order chi connectivity index (χ0) is 11.3. The Morgan fingerprint density at radius 3 is 2.60 bits per heavy atom. The Morgan fingerprint density at radius 1 is 1.33 bits per heavy atom. The largest absolute Gasteiger partial charge is 0.385 e. The lowest BCUT2D eigenvalue weighted by Crippen LogP contribution is -2.09. The summed E-state index contributed by atoms with van der Waals surface area (Å²) in [7, 11) is 0. The van der Waals surface area contributed by atoms with Gasteiger partial charge in [-0.25, -0.2) is 0 Å². The molecular formula is C12H18N2O. The van der Waals surface area contributed by atoms with E-state index < -0.39 is 0 Å². The first kappa shape index (κ1) is 11.6. The number of amides is 1. The molecule has 0 spiro atoms. The van der Waals surface area contributed by atoms with E-state index in [0.717, 1.165) is 17.9 Å². The molecule has 0 aromatic heterocycles. The van der Waals surface area contributed by atoms with E-state index >= 15 is 0 Å². The van der Waals surface area contributed by atoms with E-state index in [1.165, 1.54) is 6.92 Å². The van der Waals surface area contributed by atoms with Crippen molar-refractivity contribution >= 4 is 17.3 Å². The molecular weight excluding hydrogens is 188 g/mol. The summed E-state index contributed by atoms with van der Waals surface area (Å²) in [6.07, 6.45) is 0. The third-order valence-corrected chi connectivity index (χ3v) is 1.90. The number of nitrogens with one attached hydrogen (secondary N) is 2. The molecule has 0 aliphatic carbocycles. The standard InChI is InChI=1S/C12H18N2O/c1-9(2)8-13-11-5-4-6-12(7-11)14-10(3)15/h4-7,9,13H,8H2,1-3H3,(H,14,15). The third-order valence-electron chi connectivity index (χ3n) is 1.90. The van der Waals surface area contributed by atoms with Crippen LogP contribution in [-0.4, -0.2) is 12.5 Å². The molecule has 15 heavy (non-hydrogen) atoms. The number of benzene rings is 1. The van der Waals surface area contributed by atoms with Crippen LogP contribution < -0.4 is 10.6 Å². The molecule has 0 heterocycles. The normalized spacial score (nSPS) is 10.1. The maximum Gasteiger partial charge on any atom is 0.221 e. The summed E-state index contributed by atoms with van der Waals surface area (Å²) in [5.74, 6) is 0.561. The van der Waals surface area contributed by atoms with E-state index in [1.54, 1.807) is 0 Å². The summed E-state index contributed by atoms with van der Waals surface area (Å²) in [4.78, 5) is 10.9. The van der Waals surface area contributed by atoms with E-state index in [4.69, 9.17) is 0 Å². The van der Waals surface area contributed by atoms with Crippen molar-refractivity contribution in [2.24, 2.45) is 5.92 Å². The molecule has 0 unspecified atom stereocenters. The highest BCUT2D eigenvalue weighted by molar-refractivity contribution is 5.89. The van der Waals surface area contributed by atoms with Crippen LogP contribution in [0, 0.1) is 5.92 Å². The van der Waals surface area contributed by atoms with Crippen molar-refractivity contribution in [2.45, 2.75) is 20.8 Å². The summed E-state index contributed by atoms with van der Waals surface area (Å²) >= 11 is 0. The van der Waals surface area contributed by atoms with Gasteiger partial charge in [-0.3, -0.25) is 4.79 Å². The highest BCUT2D eigenvalue weighted by Crippen LogP contribution is 2.15. The topological polar surface area (TPSA) is 41.1 Å². The van der Waals surface area contributed by atoms with Crippen LogP contribution in [0.1, 0.15) is 20.8 Å². The van der Waals surface area contributed by atoms with Gasteiger partial charge in [0.15, 0.2) is 0 Å². The SMILES string of the molecule is CC(=O)Nc1cccc(NCC(C)C)c1. The van der Waals surface area contributed by atoms with Crippen LogP contribution in [0.25, 0.3) is 0 Å². The number of hydrogen-bond donors (Lipinski definition) is 2. The molecule has 1 rings (SSSR count). The van der Waals surface area contributed by atoms with Gasteiger partial charge < -0.3 is 10.6 Å². The zero-order valence-corrected chi connectivity index (χ0v) is 9.50. The summed E-state index contributed by atoms with van der Waals surface area (Å²) in [6.45, 7) is 6.76. The first-order valence-electron chi connectivity index (χ1n) is 5.19. The molecule has 82 valence electrons. The lowest BCUT2D eigenvalue weighted by Gasteiger charge is -2.10. The second-order valence-electron chi connectivity index (χ2n) is 4.04. The van der Waals surface area contributed by atoms with Gasteiger partial charge in [-0.2, -0.15) is 0 Å². The van der Waals surface area contributed by atoms with Crippen molar-refractivity contribution in [1.29, 1.82) is 0 Å². The molecule has 0 saturated heterocycles. The summed E-state index contributed by atoms with van der Waals surface area (Å²) in [6, 6.07) is 7.73. The number of hydrogen-bond acceptors (Lipinski definition) is 2. The molecule has 0 saturated carbocycles. The van der Waals surface area contributed by atoms with Gasteiger partial charge in [-0.15, -0.1) is 0 Å². The molecule has 1 aromatic carbocycles. The molecule has 0 radical (unpaired) electrons. The average molecular weight is 206 g/mol. The number of carbonyl (C=O) groups is 1. The molecule has 0 atom stereocenters. The van der Waals surface area contributed by atoms with Gasteiger partial charge in [-0.05, 0) is 24.1 Å². The van der Waals surface area contributed by atoms with E-state index in [1.807, 2.05) is 24.3 Å². The summed E-state index contributed by atoms with van der Waals surface area (Å²) < 4.78 is 0. The lowest BCUT2D eigenvalue weighted by molar-refractivity contribution is -0.114. The maximum absolute atomic E-state index is 10.9. The first-order chi connectivity index (χ1) is 7.08. The van der Waals surface area contributed by atoms with Crippen molar-refractivity contribution in [2.75, 3.05) is 17.2 Å². The van der Waals surface area contributed by atoms with Gasteiger partial charge in [0.1, 0.15) is 0 Å². The fourth-order valence-corrected chi connectivity index (χ4v) is 1.23. The Hall–Kier alpha value is -1.51. The molecule has 0 fully saturated rings. The molecule has 3 nitrogen and oxygen atoms in total. The van der Waals surface area contributed by atoms with Crippen molar-refractivity contribution in [3.05, 3.63) is 24.3 Å². The van der Waals surface area contributed by atoms with E-state index in [2.05, 4.69) is 24.5 Å². The average Bonchev–Trinajstić information content (AvgIpc) is 2.14. The number of rotatable bonds is 4. The molecule has 0 aliphatic rings. The Kier molecular flexibility index (Phi) is 4.16. The Morgan fingerprint density at radius 2 is 2.00 bits per heavy atom. The van der Waals surface area contributed by atoms with Crippen LogP contribution in [0.4, 0.5) is 11.4 Å². The van der Waals surface area contributed by atoms with Gasteiger partial charge in [0.05, 0.1) is 0 Å².